The van der Waals surface area contributed by atoms with Crippen LogP contribution in [0.1, 0.15) is 28.4 Å². The van der Waals surface area contributed by atoms with Crippen molar-refractivity contribution in [2.45, 2.75) is 18.6 Å². The molecule has 0 fully saturated rings. The highest BCUT2D eigenvalue weighted by atomic mass is 19.1. The number of benzene rings is 1. The van der Waals surface area contributed by atoms with Crippen molar-refractivity contribution in [3.63, 3.8) is 0 Å². The zero-order chi connectivity index (χ0) is 13.9. The molecule has 2 atom stereocenters. The molecule has 0 aromatic heterocycles. The Morgan fingerprint density at radius 2 is 1.83 bits per heavy atom. The summed E-state index contributed by atoms with van der Waals surface area (Å²) in [5.41, 5.74) is -1.11. The number of hydrogen-bond donors (Lipinski definition) is 4. The molecule has 0 aliphatic rings. The number of aromatic carboxylic acids is 1. The fraction of sp³-hybridized carbons (Fsp3) is 0.273. The number of carboxylic acids is 2. The molecule has 1 aromatic rings. The van der Waals surface area contributed by atoms with Gasteiger partial charge >= 0.3 is 11.9 Å². The SMILES string of the molecule is O=C(O)CC(O)C(O)c1cccc(C(=O)O)c1F. The van der Waals surface area contributed by atoms with Crippen LogP contribution in [-0.2, 0) is 4.79 Å². The first kappa shape index (κ1) is 14.1. The van der Waals surface area contributed by atoms with E-state index in [9.17, 15) is 24.2 Å². The van der Waals surface area contributed by atoms with Gasteiger partial charge in [0.1, 0.15) is 11.9 Å². The van der Waals surface area contributed by atoms with Crippen molar-refractivity contribution < 1.29 is 34.4 Å². The van der Waals surface area contributed by atoms with Crippen LogP contribution < -0.4 is 0 Å². The Bertz CT molecular complexity index is 473. The second-order valence-electron chi connectivity index (χ2n) is 3.62. The molecular formula is C11H11FO6. The molecule has 2 unspecified atom stereocenters. The van der Waals surface area contributed by atoms with Gasteiger partial charge in [0.25, 0.3) is 0 Å². The van der Waals surface area contributed by atoms with Crippen LogP contribution in [0.3, 0.4) is 0 Å². The van der Waals surface area contributed by atoms with Gasteiger partial charge in [0, 0.05) is 5.56 Å². The molecule has 18 heavy (non-hydrogen) atoms. The molecule has 98 valence electrons. The Hall–Kier alpha value is -1.99. The van der Waals surface area contributed by atoms with Gasteiger partial charge in [0.05, 0.1) is 18.1 Å². The van der Waals surface area contributed by atoms with Crippen LogP contribution in [0.5, 0.6) is 0 Å². The van der Waals surface area contributed by atoms with Gasteiger partial charge in [-0.1, -0.05) is 12.1 Å². The molecule has 1 aromatic carbocycles. The maximum atomic E-state index is 13.7. The standard InChI is InChI=1S/C11H11FO6/c12-9-5(2-1-3-6(9)11(17)18)10(16)7(13)4-8(14)15/h1-3,7,10,13,16H,4H2,(H,14,15)(H,17,18). The van der Waals surface area contributed by atoms with Crippen LogP contribution in [0.25, 0.3) is 0 Å². The predicted molar refractivity (Wildman–Crippen MR) is 56.6 cm³/mol. The first-order chi connectivity index (χ1) is 8.34. The summed E-state index contributed by atoms with van der Waals surface area (Å²) in [4.78, 5) is 21.0. The molecule has 0 aliphatic carbocycles. The molecule has 0 saturated heterocycles. The highest BCUT2D eigenvalue weighted by Gasteiger charge is 2.26. The number of rotatable bonds is 5. The summed E-state index contributed by atoms with van der Waals surface area (Å²) in [5.74, 6) is -4.08. The number of carbonyl (C=O) groups is 2. The van der Waals surface area contributed by atoms with Gasteiger partial charge in [-0.25, -0.2) is 9.18 Å². The number of halogens is 1. The van der Waals surface area contributed by atoms with Crippen LogP contribution >= 0.6 is 0 Å². The second kappa shape index (κ2) is 5.56. The summed E-state index contributed by atoms with van der Waals surface area (Å²) in [6.45, 7) is 0. The normalized spacial score (nSPS) is 13.9. The minimum atomic E-state index is -1.81. The molecule has 4 N–H and O–H groups in total. The molecule has 0 spiro atoms. The lowest BCUT2D eigenvalue weighted by Crippen LogP contribution is -2.23. The highest BCUT2D eigenvalue weighted by molar-refractivity contribution is 5.88. The Balaban J connectivity index is 3.06. The van der Waals surface area contributed by atoms with Crippen LogP contribution in [-0.4, -0.2) is 38.5 Å². The van der Waals surface area contributed by atoms with Crippen molar-refractivity contribution >= 4 is 11.9 Å². The van der Waals surface area contributed by atoms with E-state index in [-0.39, 0.29) is 0 Å². The maximum absolute atomic E-state index is 13.7. The molecule has 0 heterocycles. The van der Waals surface area contributed by atoms with E-state index in [0.29, 0.717) is 0 Å². The van der Waals surface area contributed by atoms with Gasteiger partial charge in [-0.2, -0.15) is 0 Å². The van der Waals surface area contributed by atoms with Gasteiger partial charge in [-0.3, -0.25) is 4.79 Å². The molecule has 0 bridgehead atoms. The smallest absolute Gasteiger partial charge is 0.338 e. The molecule has 0 amide bonds. The Kier molecular flexibility index (Phi) is 4.35. The number of carboxylic acid groups (broad SMARTS) is 2. The molecule has 0 saturated carbocycles. The summed E-state index contributed by atoms with van der Waals surface area (Å²) in [5, 5.41) is 36.0. The number of hydrogen-bond acceptors (Lipinski definition) is 4. The van der Waals surface area contributed by atoms with Crippen LogP contribution in [0, 0.1) is 5.82 Å². The first-order valence-electron chi connectivity index (χ1n) is 4.94. The third kappa shape index (κ3) is 3.02. The zero-order valence-electron chi connectivity index (χ0n) is 9.08. The average Bonchev–Trinajstić information content (AvgIpc) is 2.27. The van der Waals surface area contributed by atoms with Gasteiger partial charge in [0.2, 0.25) is 0 Å². The van der Waals surface area contributed by atoms with E-state index < -0.39 is 47.5 Å². The second-order valence-corrected chi connectivity index (χ2v) is 3.62. The Morgan fingerprint density at radius 3 is 2.33 bits per heavy atom. The van der Waals surface area contributed by atoms with E-state index in [1.165, 1.54) is 6.07 Å². The summed E-state index contributed by atoms with van der Waals surface area (Å²) in [6, 6.07) is 3.27. The third-order valence-electron chi connectivity index (χ3n) is 2.33. The van der Waals surface area contributed by atoms with Crippen molar-refractivity contribution in [2.75, 3.05) is 0 Å². The summed E-state index contributed by atoms with van der Waals surface area (Å²) in [7, 11) is 0. The number of aliphatic hydroxyl groups excluding tert-OH is 2. The Morgan fingerprint density at radius 1 is 1.22 bits per heavy atom. The van der Waals surface area contributed by atoms with E-state index in [1.807, 2.05) is 0 Å². The zero-order valence-corrected chi connectivity index (χ0v) is 9.08. The minimum Gasteiger partial charge on any atom is -0.481 e. The summed E-state index contributed by atoms with van der Waals surface area (Å²) < 4.78 is 13.7. The summed E-state index contributed by atoms with van der Waals surface area (Å²) >= 11 is 0. The van der Waals surface area contributed by atoms with E-state index in [1.54, 1.807) is 0 Å². The average molecular weight is 258 g/mol. The molecule has 7 heteroatoms. The third-order valence-corrected chi connectivity index (χ3v) is 2.33. The van der Waals surface area contributed by atoms with Crippen LogP contribution in [0.2, 0.25) is 0 Å². The molecule has 0 radical (unpaired) electrons. The molecule has 1 rings (SSSR count). The Labute approximate surface area is 101 Å². The highest BCUT2D eigenvalue weighted by Crippen LogP contribution is 2.24. The lowest BCUT2D eigenvalue weighted by atomic mass is 9.99. The van der Waals surface area contributed by atoms with Gasteiger partial charge in [0.15, 0.2) is 0 Å². The number of aliphatic hydroxyl groups is 2. The summed E-state index contributed by atoms with van der Waals surface area (Å²) in [6.07, 6.45) is -4.31. The minimum absolute atomic E-state index is 0.455. The van der Waals surface area contributed by atoms with E-state index in [2.05, 4.69) is 0 Å². The molecule has 6 nitrogen and oxygen atoms in total. The van der Waals surface area contributed by atoms with Gasteiger partial charge < -0.3 is 20.4 Å². The van der Waals surface area contributed by atoms with E-state index in [4.69, 9.17) is 10.2 Å². The molecule has 0 aliphatic heterocycles. The van der Waals surface area contributed by atoms with Crippen molar-refractivity contribution in [1.82, 2.24) is 0 Å². The maximum Gasteiger partial charge on any atom is 0.338 e. The monoisotopic (exact) mass is 258 g/mol. The molecular weight excluding hydrogens is 247 g/mol. The van der Waals surface area contributed by atoms with Crippen LogP contribution in [0.15, 0.2) is 18.2 Å². The van der Waals surface area contributed by atoms with Gasteiger partial charge in [-0.15, -0.1) is 0 Å². The van der Waals surface area contributed by atoms with Gasteiger partial charge in [-0.05, 0) is 6.07 Å². The fourth-order valence-corrected chi connectivity index (χ4v) is 1.44. The van der Waals surface area contributed by atoms with Crippen molar-refractivity contribution in [2.24, 2.45) is 0 Å². The van der Waals surface area contributed by atoms with Crippen LogP contribution in [0.4, 0.5) is 4.39 Å². The van der Waals surface area contributed by atoms with Crippen molar-refractivity contribution in [3.8, 4) is 0 Å². The van der Waals surface area contributed by atoms with Crippen molar-refractivity contribution in [1.29, 1.82) is 0 Å². The predicted octanol–water partition coefficient (Wildman–Crippen LogP) is 0.393. The first-order valence-corrected chi connectivity index (χ1v) is 4.94. The van der Waals surface area contributed by atoms with E-state index in [0.717, 1.165) is 12.1 Å². The van der Waals surface area contributed by atoms with E-state index >= 15 is 0 Å². The fourth-order valence-electron chi connectivity index (χ4n) is 1.44. The number of aliphatic carboxylic acids is 1. The quantitative estimate of drug-likeness (QED) is 0.607. The largest absolute Gasteiger partial charge is 0.481 e. The lowest BCUT2D eigenvalue weighted by molar-refractivity contribution is -0.141. The van der Waals surface area contributed by atoms with Crippen molar-refractivity contribution in [3.05, 3.63) is 35.1 Å². The lowest BCUT2D eigenvalue weighted by Gasteiger charge is -2.17. The topological polar surface area (TPSA) is 115 Å².